The van der Waals surface area contributed by atoms with Crippen LogP contribution in [0.15, 0.2) is 63.8 Å². The second kappa shape index (κ2) is 6.42. The van der Waals surface area contributed by atoms with Crippen molar-refractivity contribution in [2.45, 2.75) is 24.9 Å². The zero-order valence-corrected chi connectivity index (χ0v) is 14.2. The highest BCUT2D eigenvalue weighted by Gasteiger charge is 2.34. The Morgan fingerprint density at radius 3 is 2.81 bits per heavy atom. The number of para-hydroxylation sites is 1. The maximum Gasteiger partial charge on any atom is 0.287 e. The van der Waals surface area contributed by atoms with Crippen LogP contribution in [0.2, 0.25) is 0 Å². The minimum absolute atomic E-state index is 0.0543. The third-order valence-electron chi connectivity index (χ3n) is 4.95. The highest BCUT2D eigenvalue weighted by molar-refractivity contribution is 5.93. The second-order valence-corrected chi connectivity index (χ2v) is 6.70. The van der Waals surface area contributed by atoms with E-state index in [1.54, 1.807) is 24.3 Å². The number of aliphatic hydroxyl groups is 1. The molecule has 0 bridgehead atoms. The van der Waals surface area contributed by atoms with Crippen LogP contribution >= 0.6 is 0 Å². The molecule has 1 aliphatic rings. The van der Waals surface area contributed by atoms with Gasteiger partial charge in [-0.2, -0.15) is 0 Å². The fourth-order valence-corrected chi connectivity index (χ4v) is 3.61. The third-order valence-corrected chi connectivity index (χ3v) is 4.95. The van der Waals surface area contributed by atoms with E-state index in [0.717, 1.165) is 24.0 Å². The van der Waals surface area contributed by atoms with E-state index in [1.807, 2.05) is 24.3 Å². The quantitative estimate of drug-likeness (QED) is 0.762. The largest absolute Gasteiger partial charge is 0.451 e. The molecule has 2 aromatic carbocycles. The molecule has 1 unspecified atom stereocenters. The first-order valence-electron chi connectivity index (χ1n) is 8.69. The molecule has 26 heavy (non-hydrogen) atoms. The molecular formula is C21H19NO4. The van der Waals surface area contributed by atoms with Crippen molar-refractivity contribution in [3.8, 4) is 0 Å². The lowest BCUT2D eigenvalue weighted by molar-refractivity contribution is 0.0186. The maximum absolute atomic E-state index is 12.5. The van der Waals surface area contributed by atoms with E-state index in [9.17, 15) is 14.7 Å². The Balaban J connectivity index is 1.57. The van der Waals surface area contributed by atoms with Crippen molar-refractivity contribution in [3.63, 3.8) is 0 Å². The predicted octanol–water partition coefficient (Wildman–Crippen LogP) is 2.75. The van der Waals surface area contributed by atoms with Crippen LogP contribution in [0.3, 0.4) is 0 Å². The molecule has 0 saturated carbocycles. The van der Waals surface area contributed by atoms with Gasteiger partial charge in [0.15, 0.2) is 11.2 Å². The van der Waals surface area contributed by atoms with E-state index in [4.69, 9.17) is 4.42 Å². The lowest BCUT2D eigenvalue weighted by Gasteiger charge is -2.34. The Kier molecular flexibility index (Phi) is 4.09. The molecule has 0 aliphatic heterocycles. The van der Waals surface area contributed by atoms with Gasteiger partial charge in [0, 0.05) is 6.07 Å². The molecule has 132 valence electrons. The highest BCUT2D eigenvalue weighted by atomic mass is 16.3. The smallest absolute Gasteiger partial charge is 0.287 e. The molecule has 1 amide bonds. The summed E-state index contributed by atoms with van der Waals surface area (Å²) >= 11 is 0. The van der Waals surface area contributed by atoms with Crippen LogP contribution in [0.1, 0.15) is 34.5 Å². The van der Waals surface area contributed by atoms with E-state index in [0.29, 0.717) is 17.4 Å². The van der Waals surface area contributed by atoms with Crippen LogP contribution in [-0.2, 0) is 12.0 Å². The molecule has 0 saturated heterocycles. The molecule has 0 radical (unpaired) electrons. The standard InChI is InChI=1S/C21H19NO4/c23-17-12-19(26-18-10-4-2-8-15(17)18)20(24)22-13-21(25)11-5-7-14-6-1-3-9-16(14)21/h1-4,6,8-10,12,25H,5,7,11,13H2,(H,22,24). The zero-order chi connectivity index (χ0) is 18.1. The van der Waals surface area contributed by atoms with Crippen LogP contribution in [0.5, 0.6) is 0 Å². The summed E-state index contributed by atoms with van der Waals surface area (Å²) in [7, 11) is 0. The number of amides is 1. The first-order valence-corrected chi connectivity index (χ1v) is 8.69. The van der Waals surface area contributed by atoms with Crippen molar-refractivity contribution in [1.29, 1.82) is 0 Å². The molecule has 5 heteroatoms. The number of hydrogen-bond acceptors (Lipinski definition) is 4. The van der Waals surface area contributed by atoms with Crippen LogP contribution in [-0.4, -0.2) is 17.6 Å². The molecule has 4 rings (SSSR count). The van der Waals surface area contributed by atoms with Gasteiger partial charge in [-0.1, -0.05) is 36.4 Å². The Labute approximate surface area is 150 Å². The Morgan fingerprint density at radius 2 is 1.92 bits per heavy atom. The van der Waals surface area contributed by atoms with Crippen LogP contribution in [0, 0.1) is 0 Å². The predicted molar refractivity (Wildman–Crippen MR) is 98.1 cm³/mol. The molecule has 5 nitrogen and oxygen atoms in total. The number of hydrogen-bond donors (Lipinski definition) is 2. The zero-order valence-electron chi connectivity index (χ0n) is 14.2. The van der Waals surface area contributed by atoms with Gasteiger partial charge >= 0.3 is 0 Å². The van der Waals surface area contributed by atoms with E-state index < -0.39 is 11.5 Å². The van der Waals surface area contributed by atoms with Gasteiger partial charge in [0.05, 0.1) is 11.9 Å². The Morgan fingerprint density at radius 1 is 1.15 bits per heavy atom. The number of rotatable bonds is 3. The van der Waals surface area contributed by atoms with Crippen molar-refractivity contribution >= 4 is 16.9 Å². The Bertz CT molecular complexity index is 1040. The second-order valence-electron chi connectivity index (χ2n) is 6.70. The summed E-state index contributed by atoms with van der Waals surface area (Å²) in [5.74, 6) is -0.564. The molecule has 1 heterocycles. The van der Waals surface area contributed by atoms with Crippen molar-refractivity contribution in [1.82, 2.24) is 5.32 Å². The topological polar surface area (TPSA) is 79.5 Å². The molecular weight excluding hydrogens is 330 g/mol. The first-order chi connectivity index (χ1) is 12.6. The SMILES string of the molecule is O=C(NCC1(O)CCCc2ccccc21)c1cc(=O)c2ccccc2o1. The first kappa shape index (κ1) is 16.5. The monoisotopic (exact) mass is 349 g/mol. The molecule has 3 aromatic rings. The number of benzene rings is 2. The summed E-state index contributed by atoms with van der Waals surface area (Å²) in [4.78, 5) is 24.6. The van der Waals surface area contributed by atoms with Gasteiger partial charge < -0.3 is 14.8 Å². The number of fused-ring (bicyclic) bond motifs is 2. The van der Waals surface area contributed by atoms with Crippen molar-refractivity contribution < 1.29 is 14.3 Å². The van der Waals surface area contributed by atoms with Gasteiger partial charge in [-0.25, -0.2) is 0 Å². The summed E-state index contributed by atoms with van der Waals surface area (Å²) in [6.45, 7) is 0.0688. The van der Waals surface area contributed by atoms with Crippen molar-refractivity contribution in [3.05, 3.63) is 81.7 Å². The highest BCUT2D eigenvalue weighted by Crippen LogP contribution is 2.34. The minimum Gasteiger partial charge on any atom is -0.451 e. The maximum atomic E-state index is 12.5. The number of nitrogens with one attached hydrogen (secondary N) is 1. The van der Waals surface area contributed by atoms with Gasteiger partial charge in [-0.3, -0.25) is 9.59 Å². The van der Waals surface area contributed by atoms with Crippen LogP contribution in [0.4, 0.5) is 0 Å². The fourth-order valence-electron chi connectivity index (χ4n) is 3.61. The van der Waals surface area contributed by atoms with Gasteiger partial charge in [0.1, 0.15) is 11.2 Å². The van der Waals surface area contributed by atoms with Gasteiger partial charge in [-0.05, 0) is 42.5 Å². The molecule has 1 aliphatic carbocycles. The molecule has 0 fully saturated rings. The summed E-state index contributed by atoms with van der Waals surface area (Å²) in [5.41, 5.74) is 0.951. The summed E-state index contributed by atoms with van der Waals surface area (Å²) in [6, 6.07) is 15.7. The van der Waals surface area contributed by atoms with Crippen LogP contribution in [0.25, 0.3) is 11.0 Å². The number of carbonyl (C=O) groups excluding carboxylic acids is 1. The number of aryl methyl sites for hydroxylation is 1. The van der Waals surface area contributed by atoms with Crippen molar-refractivity contribution in [2.24, 2.45) is 0 Å². The third kappa shape index (κ3) is 2.91. The van der Waals surface area contributed by atoms with Crippen LogP contribution < -0.4 is 10.7 Å². The minimum atomic E-state index is -1.11. The van der Waals surface area contributed by atoms with Gasteiger partial charge in [0.2, 0.25) is 0 Å². The van der Waals surface area contributed by atoms with Crippen molar-refractivity contribution in [2.75, 3.05) is 6.54 Å². The molecule has 2 N–H and O–H groups in total. The molecule has 1 aromatic heterocycles. The molecule has 0 spiro atoms. The molecule has 1 atom stereocenters. The van der Waals surface area contributed by atoms with E-state index in [-0.39, 0.29) is 17.7 Å². The normalized spacial score (nSPS) is 19.1. The van der Waals surface area contributed by atoms with Gasteiger partial charge in [0.25, 0.3) is 5.91 Å². The Hall–Kier alpha value is -2.92. The van der Waals surface area contributed by atoms with E-state index >= 15 is 0 Å². The summed E-state index contributed by atoms with van der Waals surface area (Å²) in [6.07, 6.45) is 2.35. The van der Waals surface area contributed by atoms with E-state index in [2.05, 4.69) is 5.32 Å². The van der Waals surface area contributed by atoms with Gasteiger partial charge in [-0.15, -0.1) is 0 Å². The average molecular weight is 349 g/mol. The summed E-state index contributed by atoms with van der Waals surface area (Å²) < 4.78 is 5.55. The number of carbonyl (C=O) groups is 1. The average Bonchev–Trinajstić information content (AvgIpc) is 2.66. The summed E-state index contributed by atoms with van der Waals surface area (Å²) in [5, 5.41) is 14.2. The van der Waals surface area contributed by atoms with E-state index in [1.165, 1.54) is 6.07 Å². The lowest BCUT2D eigenvalue weighted by Crippen LogP contribution is -2.43. The lowest BCUT2D eigenvalue weighted by atomic mass is 9.79. The fraction of sp³-hybridized carbons (Fsp3) is 0.238.